The fourth-order valence-corrected chi connectivity index (χ4v) is 3.29. The van der Waals surface area contributed by atoms with E-state index in [4.69, 9.17) is 10.5 Å². The zero-order valence-electron chi connectivity index (χ0n) is 11.2. The summed E-state index contributed by atoms with van der Waals surface area (Å²) in [6.07, 6.45) is 13.0. The standard InChI is InChI=1S/C15H27NO/c1-2-14-13(10-11-17-14)15(16)12-8-6-4-3-5-7-9-12/h8,13-15H,2-7,9-11,16H2,1H3. The van der Waals surface area contributed by atoms with E-state index in [2.05, 4.69) is 13.0 Å². The Morgan fingerprint density at radius 2 is 2.18 bits per heavy atom. The van der Waals surface area contributed by atoms with Crippen molar-refractivity contribution in [1.82, 2.24) is 0 Å². The number of allylic oxidation sites excluding steroid dienone is 1. The van der Waals surface area contributed by atoms with Crippen molar-refractivity contribution in [3.05, 3.63) is 11.6 Å². The molecule has 2 heteroatoms. The van der Waals surface area contributed by atoms with Crippen molar-refractivity contribution in [2.24, 2.45) is 11.7 Å². The molecule has 1 fully saturated rings. The maximum Gasteiger partial charge on any atom is 0.0619 e. The zero-order chi connectivity index (χ0) is 12.1. The van der Waals surface area contributed by atoms with Gasteiger partial charge >= 0.3 is 0 Å². The number of nitrogens with two attached hydrogens (primary N) is 1. The summed E-state index contributed by atoms with van der Waals surface area (Å²) in [5.41, 5.74) is 8.00. The quantitative estimate of drug-likeness (QED) is 0.763. The molecule has 17 heavy (non-hydrogen) atoms. The summed E-state index contributed by atoms with van der Waals surface area (Å²) in [4.78, 5) is 0. The molecule has 1 aliphatic carbocycles. The highest BCUT2D eigenvalue weighted by Crippen LogP contribution is 2.31. The van der Waals surface area contributed by atoms with Gasteiger partial charge in [-0.1, -0.05) is 31.4 Å². The summed E-state index contributed by atoms with van der Waals surface area (Å²) >= 11 is 0. The fourth-order valence-electron chi connectivity index (χ4n) is 3.29. The third-order valence-corrected chi connectivity index (χ3v) is 4.38. The molecular weight excluding hydrogens is 210 g/mol. The minimum Gasteiger partial charge on any atom is -0.378 e. The second-order valence-electron chi connectivity index (χ2n) is 5.53. The molecule has 2 nitrogen and oxygen atoms in total. The van der Waals surface area contributed by atoms with Gasteiger partial charge in [0.05, 0.1) is 6.10 Å². The van der Waals surface area contributed by atoms with Crippen molar-refractivity contribution >= 4 is 0 Å². The smallest absolute Gasteiger partial charge is 0.0619 e. The van der Waals surface area contributed by atoms with Crippen molar-refractivity contribution in [2.45, 2.75) is 70.4 Å². The Labute approximate surface area is 106 Å². The second-order valence-corrected chi connectivity index (χ2v) is 5.53. The first-order chi connectivity index (χ1) is 8.33. The molecule has 98 valence electrons. The zero-order valence-corrected chi connectivity index (χ0v) is 11.2. The molecule has 1 saturated heterocycles. The van der Waals surface area contributed by atoms with Crippen LogP contribution < -0.4 is 5.73 Å². The first kappa shape index (κ1) is 13.1. The van der Waals surface area contributed by atoms with Crippen LogP contribution in [0.2, 0.25) is 0 Å². The van der Waals surface area contributed by atoms with E-state index in [1.54, 1.807) is 0 Å². The van der Waals surface area contributed by atoms with Crippen molar-refractivity contribution < 1.29 is 4.74 Å². The van der Waals surface area contributed by atoms with E-state index in [1.807, 2.05) is 0 Å². The summed E-state index contributed by atoms with van der Waals surface area (Å²) in [5.74, 6) is 0.561. The van der Waals surface area contributed by atoms with Gasteiger partial charge in [-0.2, -0.15) is 0 Å². The van der Waals surface area contributed by atoms with Gasteiger partial charge in [-0.05, 0) is 38.5 Å². The summed E-state index contributed by atoms with van der Waals surface area (Å²) in [7, 11) is 0. The Morgan fingerprint density at radius 1 is 1.35 bits per heavy atom. The minimum atomic E-state index is 0.251. The van der Waals surface area contributed by atoms with E-state index < -0.39 is 0 Å². The summed E-state index contributed by atoms with van der Waals surface area (Å²) in [5, 5.41) is 0. The molecule has 0 saturated carbocycles. The molecule has 0 amide bonds. The normalized spacial score (nSPS) is 32.7. The monoisotopic (exact) mass is 237 g/mol. The van der Waals surface area contributed by atoms with Crippen molar-refractivity contribution in [2.75, 3.05) is 6.61 Å². The van der Waals surface area contributed by atoms with Gasteiger partial charge in [0.15, 0.2) is 0 Å². The van der Waals surface area contributed by atoms with E-state index >= 15 is 0 Å². The van der Waals surface area contributed by atoms with Gasteiger partial charge in [-0.15, -0.1) is 0 Å². The first-order valence-electron chi connectivity index (χ1n) is 7.39. The fraction of sp³-hybridized carbons (Fsp3) is 0.867. The minimum absolute atomic E-state index is 0.251. The van der Waals surface area contributed by atoms with Crippen molar-refractivity contribution in [1.29, 1.82) is 0 Å². The summed E-state index contributed by atoms with van der Waals surface area (Å²) < 4.78 is 5.78. The molecule has 0 aromatic heterocycles. The van der Waals surface area contributed by atoms with E-state index in [0.29, 0.717) is 12.0 Å². The predicted octanol–water partition coefficient (Wildman–Crippen LogP) is 3.41. The van der Waals surface area contributed by atoms with Crippen molar-refractivity contribution in [3.8, 4) is 0 Å². The molecule has 2 aliphatic rings. The largest absolute Gasteiger partial charge is 0.378 e. The highest BCUT2D eigenvalue weighted by Gasteiger charge is 2.33. The van der Waals surface area contributed by atoms with Crippen LogP contribution in [0.15, 0.2) is 11.6 Å². The molecular formula is C15H27NO. The highest BCUT2D eigenvalue weighted by atomic mass is 16.5. The Kier molecular flexibility index (Phi) is 5.05. The molecule has 2 rings (SSSR count). The molecule has 0 spiro atoms. The molecule has 0 aromatic carbocycles. The molecule has 0 bridgehead atoms. The van der Waals surface area contributed by atoms with Gasteiger partial charge in [-0.25, -0.2) is 0 Å². The Bertz CT molecular complexity index is 262. The van der Waals surface area contributed by atoms with Crippen LogP contribution in [0.25, 0.3) is 0 Å². The SMILES string of the molecule is CCC1OCCC1C(N)C1=CCCCCCC1. The van der Waals surface area contributed by atoms with E-state index in [0.717, 1.165) is 19.4 Å². The van der Waals surface area contributed by atoms with Crippen LogP contribution in [0.3, 0.4) is 0 Å². The summed E-state index contributed by atoms with van der Waals surface area (Å²) in [6, 6.07) is 0.251. The average molecular weight is 237 g/mol. The number of hydrogen-bond acceptors (Lipinski definition) is 2. The van der Waals surface area contributed by atoms with Crippen LogP contribution in [0.5, 0.6) is 0 Å². The number of rotatable bonds is 3. The van der Waals surface area contributed by atoms with E-state index in [-0.39, 0.29) is 6.04 Å². The molecule has 2 N–H and O–H groups in total. The van der Waals surface area contributed by atoms with Gasteiger partial charge in [0, 0.05) is 18.6 Å². The second kappa shape index (κ2) is 6.55. The van der Waals surface area contributed by atoms with Crippen LogP contribution in [-0.2, 0) is 4.74 Å². The first-order valence-corrected chi connectivity index (χ1v) is 7.39. The van der Waals surface area contributed by atoms with Crippen molar-refractivity contribution in [3.63, 3.8) is 0 Å². The average Bonchev–Trinajstić information content (AvgIpc) is 2.75. The highest BCUT2D eigenvalue weighted by molar-refractivity contribution is 5.14. The lowest BCUT2D eigenvalue weighted by Gasteiger charge is -2.27. The maximum absolute atomic E-state index is 6.49. The molecule has 3 atom stereocenters. The van der Waals surface area contributed by atoms with Crippen LogP contribution in [-0.4, -0.2) is 18.8 Å². The Hall–Kier alpha value is -0.340. The predicted molar refractivity (Wildman–Crippen MR) is 71.9 cm³/mol. The topological polar surface area (TPSA) is 35.2 Å². The van der Waals surface area contributed by atoms with Crippen LogP contribution in [0.1, 0.15) is 58.3 Å². The summed E-state index contributed by atoms with van der Waals surface area (Å²) in [6.45, 7) is 3.12. The molecule has 0 aromatic rings. The maximum atomic E-state index is 6.49. The van der Waals surface area contributed by atoms with Crippen LogP contribution in [0, 0.1) is 5.92 Å². The van der Waals surface area contributed by atoms with Gasteiger partial charge in [0.2, 0.25) is 0 Å². The third-order valence-electron chi connectivity index (χ3n) is 4.38. The Balaban J connectivity index is 1.99. The van der Waals surface area contributed by atoms with Crippen LogP contribution >= 0.6 is 0 Å². The van der Waals surface area contributed by atoms with Gasteiger partial charge < -0.3 is 10.5 Å². The lowest BCUT2D eigenvalue weighted by Crippen LogP contribution is -2.37. The Morgan fingerprint density at radius 3 is 3.00 bits per heavy atom. The molecule has 1 aliphatic heterocycles. The van der Waals surface area contributed by atoms with Gasteiger partial charge in [-0.3, -0.25) is 0 Å². The number of ether oxygens (including phenoxy) is 1. The van der Waals surface area contributed by atoms with Gasteiger partial charge in [0.25, 0.3) is 0 Å². The van der Waals surface area contributed by atoms with Crippen LogP contribution in [0.4, 0.5) is 0 Å². The van der Waals surface area contributed by atoms with Gasteiger partial charge in [0.1, 0.15) is 0 Å². The molecule has 1 heterocycles. The lowest BCUT2D eigenvalue weighted by atomic mass is 9.84. The van der Waals surface area contributed by atoms with E-state index in [1.165, 1.54) is 44.1 Å². The third kappa shape index (κ3) is 3.32. The molecule has 0 radical (unpaired) electrons. The number of hydrogen-bond donors (Lipinski definition) is 1. The molecule has 3 unspecified atom stereocenters. The van der Waals surface area contributed by atoms with E-state index in [9.17, 15) is 0 Å². The lowest BCUT2D eigenvalue weighted by molar-refractivity contribution is 0.0837.